The van der Waals surface area contributed by atoms with Crippen LogP contribution >= 0.6 is 0 Å². The monoisotopic (exact) mass is 397 g/mol. The Morgan fingerprint density at radius 3 is 2.18 bits per heavy atom. The van der Waals surface area contributed by atoms with Gasteiger partial charge < -0.3 is 9.88 Å². The van der Waals surface area contributed by atoms with Crippen LogP contribution in [0.4, 0.5) is 0 Å². The van der Waals surface area contributed by atoms with Crippen LogP contribution in [0.2, 0.25) is 0 Å². The average molecular weight is 398 g/mol. The van der Waals surface area contributed by atoms with Gasteiger partial charge in [0.25, 0.3) is 5.91 Å². The molecule has 3 N–H and O–H groups in total. The van der Waals surface area contributed by atoms with Gasteiger partial charge in [-0.1, -0.05) is 12.1 Å². The average Bonchev–Trinajstić information content (AvgIpc) is 2.99. The SMILES string of the molecule is Cc1ccc(C)n1-c1ccc(C(=O)NC(C)c2cccc(S(N)(=O)=O)c2)cc1. The third-order valence-corrected chi connectivity index (χ3v) is 5.60. The number of hydrogen-bond donors (Lipinski definition) is 2. The number of benzene rings is 2. The lowest BCUT2D eigenvalue weighted by Gasteiger charge is -2.16. The normalized spacial score (nSPS) is 12.6. The minimum absolute atomic E-state index is 0.0212. The van der Waals surface area contributed by atoms with Crippen molar-refractivity contribution in [3.63, 3.8) is 0 Å². The summed E-state index contributed by atoms with van der Waals surface area (Å²) in [6.45, 7) is 5.86. The molecule has 0 aliphatic heterocycles. The van der Waals surface area contributed by atoms with E-state index in [2.05, 4.69) is 9.88 Å². The molecule has 146 valence electrons. The number of amides is 1. The fourth-order valence-corrected chi connectivity index (χ4v) is 3.73. The van der Waals surface area contributed by atoms with Gasteiger partial charge in [0, 0.05) is 22.6 Å². The number of rotatable bonds is 5. The van der Waals surface area contributed by atoms with Crippen molar-refractivity contribution in [2.45, 2.75) is 31.7 Å². The molecule has 1 aromatic heterocycles. The fourth-order valence-electron chi connectivity index (χ4n) is 3.16. The molecule has 0 saturated carbocycles. The molecule has 28 heavy (non-hydrogen) atoms. The van der Waals surface area contributed by atoms with Crippen LogP contribution in [-0.4, -0.2) is 18.9 Å². The maximum Gasteiger partial charge on any atom is 0.251 e. The third kappa shape index (κ3) is 4.16. The number of aromatic nitrogens is 1. The second kappa shape index (κ2) is 7.61. The Morgan fingerprint density at radius 1 is 1.00 bits per heavy atom. The third-order valence-electron chi connectivity index (χ3n) is 4.69. The molecule has 0 spiro atoms. The van der Waals surface area contributed by atoms with E-state index in [4.69, 9.17) is 5.14 Å². The first kappa shape index (κ1) is 19.9. The molecule has 0 aliphatic rings. The highest BCUT2D eigenvalue weighted by molar-refractivity contribution is 7.89. The zero-order chi connectivity index (χ0) is 20.5. The number of carbonyl (C=O) groups excluding carboxylic acids is 1. The van der Waals surface area contributed by atoms with E-state index in [1.165, 1.54) is 12.1 Å². The number of nitrogens with one attached hydrogen (secondary N) is 1. The predicted molar refractivity (Wildman–Crippen MR) is 109 cm³/mol. The number of sulfonamides is 1. The zero-order valence-corrected chi connectivity index (χ0v) is 16.8. The Bertz CT molecular complexity index is 1100. The molecule has 1 heterocycles. The second-order valence-corrected chi connectivity index (χ2v) is 8.37. The molecule has 6 nitrogen and oxygen atoms in total. The molecule has 3 aromatic rings. The Labute approximate surface area is 165 Å². The Balaban J connectivity index is 1.76. The molecular formula is C21H23N3O3S. The molecule has 1 unspecified atom stereocenters. The summed E-state index contributed by atoms with van der Waals surface area (Å²) >= 11 is 0. The molecule has 0 bridgehead atoms. The van der Waals surface area contributed by atoms with Gasteiger partial charge in [0.05, 0.1) is 10.9 Å². The topological polar surface area (TPSA) is 94.2 Å². The number of nitrogens with two attached hydrogens (primary N) is 1. The molecule has 0 aliphatic carbocycles. The van der Waals surface area contributed by atoms with Crippen molar-refractivity contribution in [2.75, 3.05) is 0 Å². The largest absolute Gasteiger partial charge is 0.346 e. The lowest BCUT2D eigenvalue weighted by atomic mass is 10.1. The van der Waals surface area contributed by atoms with Gasteiger partial charge in [0.2, 0.25) is 10.0 Å². The van der Waals surface area contributed by atoms with Crippen molar-refractivity contribution >= 4 is 15.9 Å². The van der Waals surface area contributed by atoms with Crippen LogP contribution in [0, 0.1) is 13.8 Å². The van der Waals surface area contributed by atoms with Gasteiger partial charge in [0.1, 0.15) is 0 Å². The molecule has 0 saturated heterocycles. The van der Waals surface area contributed by atoms with Crippen LogP contribution in [-0.2, 0) is 10.0 Å². The van der Waals surface area contributed by atoms with Crippen molar-refractivity contribution in [3.05, 3.63) is 83.2 Å². The molecule has 2 aromatic carbocycles. The summed E-state index contributed by atoms with van der Waals surface area (Å²) in [6.07, 6.45) is 0. The number of hydrogen-bond acceptors (Lipinski definition) is 3. The highest BCUT2D eigenvalue weighted by atomic mass is 32.2. The second-order valence-electron chi connectivity index (χ2n) is 6.81. The molecule has 0 radical (unpaired) electrons. The van der Waals surface area contributed by atoms with Gasteiger partial charge in [-0.05, 0) is 74.9 Å². The number of aryl methyl sites for hydroxylation is 2. The van der Waals surface area contributed by atoms with Crippen LogP contribution in [0.15, 0.2) is 65.6 Å². The van der Waals surface area contributed by atoms with E-state index in [-0.39, 0.29) is 16.8 Å². The van der Waals surface area contributed by atoms with E-state index in [0.717, 1.165) is 17.1 Å². The van der Waals surface area contributed by atoms with Crippen LogP contribution < -0.4 is 10.5 Å². The Morgan fingerprint density at radius 2 is 1.61 bits per heavy atom. The molecule has 1 amide bonds. The van der Waals surface area contributed by atoms with Gasteiger partial charge in [0.15, 0.2) is 0 Å². The molecule has 3 rings (SSSR count). The zero-order valence-electron chi connectivity index (χ0n) is 16.0. The quantitative estimate of drug-likeness (QED) is 0.692. The van der Waals surface area contributed by atoms with E-state index in [1.807, 2.05) is 38.1 Å². The summed E-state index contributed by atoms with van der Waals surface area (Å²) in [5, 5.41) is 8.06. The minimum atomic E-state index is -3.79. The summed E-state index contributed by atoms with van der Waals surface area (Å²) in [5.74, 6) is -0.235. The predicted octanol–water partition coefficient (Wildman–Crippen LogP) is 3.23. The van der Waals surface area contributed by atoms with Gasteiger partial charge in [-0.15, -0.1) is 0 Å². The van der Waals surface area contributed by atoms with E-state index in [9.17, 15) is 13.2 Å². The molecule has 1 atom stereocenters. The summed E-state index contributed by atoms with van der Waals surface area (Å²) < 4.78 is 25.1. The van der Waals surface area contributed by atoms with Gasteiger partial charge >= 0.3 is 0 Å². The number of carbonyl (C=O) groups is 1. The molecule has 7 heteroatoms. The van der Waals surface area contributed by atoms with Crippen LogP contribution in [0.5, 0.6) is 0 Å². The minimum Gasteiger partial charge on any atom is -0.346 e. The van der Waals surface area contributed by atoms with Crippen molar-refractivity contribution < 1.29 is 13.2 Å². The van der Waals surface area contributed by atoms with Gasteiger partial charge in [-0.25, -0.2) is 13.6 Å². The van der Waals surface area contributed by atoms with Crippen molar-refractivity contribution in [1.82, 2.24) is 9.88 Å². The van der Waals surface area contributed by atoms with E-state index < -0.39 is 10.0 Å². The highest BCUT2D eigenvalue weighted by Gasteiger charge is 2.15. The summed E-state index contributed by atoms with van der Waals surface area (Å²) in [6, 6.07) is 17.3. The van der Waals surface area contributed by atoms with Crippen molar-refractivity contribution in [1.29, 1.82) is 0 Å². The summed E-state index contributed by atoms with van der Waals surface area (Å²) in [7, 11) is -3.79. The van der Waals surface area contributed by atoms with Crippen LogP contribution in [0.3, 0.4) is 0 Å². The van der Waals surface area contributed by atoms with E-state index >= 15 is 0 Å². The van der Waals surface area contributed by atoms with Gasteiger partial charge in [-0.2, -0.15) is 0 Å². The van der Waals surface area contributed by atoms with E-state index in [1.54, 1.807) is 31.2 Å². The summed E-state index contributed by atoms with van der Waals surface area (Å²) in [4.78, 5) is 12.6. The van der Waals surface area contributed by atoms with Crippen LogP contribution in [0.25, 0.3) is 5.69 Å². The molecule has 0 fully saturated rings. The maximum absolute atomic E-state index is 12.6. The van der Waals surface area contributed by atoms with E-state index in [0.29, 0.717) is 11.1 Å². The first-order chi connectivity index (χ1) is 13.2. The van der Waals surface area contributed by atoms with Crippen LogP contribution in [0.1, 0.15) is 40.3 Å². The highest BCUT2D eigenvalue weighted by Crippen LogP contribution is 2.19. The Kier molecular flexibility index (Phi) is 5.40. The fraction of sp³-hybridized carbons (Fsp3) is 0.190. The first-order valence-corrected chi connectivity index (χ1v) is 10.4. The Hall–Kier alpha value is -2.90. The van der Waals surface area contributed by atoms with Crippen molar-refractivity contribution in [3.8, 4) is 5.69 Å². The lowest BCUT2D eigenvalue weighted by Crippen LogP contribution is -2.26. The number of nitrogens with zero attached hydrogens (tertiary/aromatic N) is 1. The molecular weight excluding hydrogens is 374 g/mol. The summed E-state index contributed by atoms with van der Waals surface area (Å²) in [5.41, 5.74) is 4.43. The maximum atomic E-state index is 12.6. The standard InChI is InChI=1S/C21H23N3O3S/c1-14-7-8-15(2)24(14)19-11-9-17(10-12-19)21(25)23-16(3)18-5-4-6-20(13-18)28(22,26)27/h4-13,16H,1-3H3,(H,23,25)(H2,22,26,27). The lowest BCUT2D eigenvalue weighted by molar-refractivity contribution is 0.0940. The van der Waals surface area contributed by atoms with Crippen molar-refractivity contribution in [2.24, 2.45) is 5.14 Å². The number of primary sulfonamides is 1. The first-order valence-electron chi connectivity index (χ1n) is 8.86. The smallest absolute Gasteiger partial charge is 0.251 e. The van der Waals surface area contributed by atoms with Gasteiger partial charge in [-0.3, -0.25) is 4.79 Å².